The van der Waals surface area contributed by atoms with Gasteiger partial charge in [-0.25, -0.2) is 0 Å². The summed E-state index contributed by atoms with van der Waals surface area (Å²) in [6.45, 7) is 0. The molecule has 0 spiro atoms. The van der Waals surface area contributed by atoms with E-state index in [0.717, 1.165) is 18.5 Å². The van der Waals surface area contributed by atoms with Crippen LogP contribution in [0.1, 0.15) is 44.2 Å². The summed E-state index contributed by atoms with van der Waals surface area (Å²) in [5.74, 6) is 0. The van der Waals surface area contributed by atoms with E-state index in [1.807, 2.05) is 6.20 Å². The molecule has 0 aliphatic heterocycles. The van der Waals surface area contributed by atoms with Crippen molar-refractivity contribution in [1.82, 2.24) is 9.97 Å². The first-order chi connectivity index (χ1) is 7.29. The molecule has 1 saturated carbocycles. The largest absolute Gasteiger partial charge is 0.325 e. The van der Waals surface area contributed by atoms with Gasteiger partial charge in [0.05, 0.1) is 5.69 Å². The van der Waals surface area contributed by atoms with Gasteiger partial charge in [-0.05, 0) is 25.7 Å². The van der Waals surface area contributed by atoms with Gasteiger partial charge >= 0.3 is 0 Å². The number of aryl methyl sites for hydroxylation is 1. The van der Waals surface area contributed by atoms with Crippen molar-refractivity contribution in [2.24, 2.45) is 5.73 Å². The zero-order valence-corrected chi connectivity index (χ0v) is 9.15. The molecule has 1 aliphatic rings. The molecular weight excluding hydrogens is 186 g/mol. The molecular formula is C12H19N3. The van der Waals surface area contributed by atoms with Crippen molar-refractivity contribution >= 4 is 0 Å². The standard InChI is InChI=1S/C12H19N3/c13-12(5-2-1-3-6-12)7-4-11-10-14-8-9-15-11/h8-10H,1-7,13H2. The van der Waals surface area contributed by atoms with Crippen molar-refractivity contribution in [2.45, 2.75) is 50.5 Å². The molecule has 1 heterocycles. The van der Waals surface area contributed by atoms with E-state index in [9.17, 15) is 0 Å². The van der Waals surface area contributed by atoms with E-state index in [-0.39, 0.29) is 5.54 Å². The van der Waals surface area contributed by atoms with Crippen LogP contribution in [0.2, 0.25) is 0 Å². The average Bonchev–Trinajstić information content (AvgIpc) is 2.29. The van der Waals surface area contributed by atoms with Crippen molar-refractivity contribution in [1.29, 1.82) is 0 Å². The molecule has 0 aromatic carbocycles. The van der Waals surface area contributed by atoms with Crippen LogP contribution in [0.15, 0.2) is 18.6 Å². The van der Waals surface area contributed by atoms with Gasteiger partial charge in [-0.1, -0.05) is 19.3 Å². The van der Waals surface area contributed by atoms with E-state index in [1.165, 1.54) is 32.1 Å². The number of aromatic nitrogens is 2. The smallest absolute Gasteiger partial charge is 0.0587 e. The highest BCUT2D eigenvalue weighted by molar-refractivity contribution is 4.98. The topological polar surface area (TPSA) is 51.8 Å². The zero-order valence-electron chi connectivity index (χ0n) is 9.15. The molecule has 3 heteroatoms. The summed E-state index contributed by atoms with van der Waals surface area (Å²) < 4.78 is 0. The minimum absolute atomic E-state index is 0.0652. The SMILES string of the molecule is NC1(CCc2cnccn2)CCCCC1. The van der Waals surface area contributed by atoms with Crippen LogP contribution >= 0.6 is 0 Å². The molecule has 0 radical (unpaired) electrons. The van der Waals surface area contributed by atoms with E-state index in [4.69, 9.17) is 5.73 Å². The van der Waals surface area contributed by atoms with Crippen LogP contribution in [0, 0.1) is 0 Å². The van der Waals surface area contributed by atoms with Crippen molar-refractivity contribution in [3.63, 3.8) is 0 Å². The molecule has 0 saturated heterocycles. The zero-order chi connectivity index (χ0) is 10.6. The number of nitrogens with zero attached hydrogens (tertiary/aromatic N) is 2. The van der Waals surface area contributed by atoms with Gasteiger partial charge in [0, 0.05) is 24.1 Å². The van der Waals surface area contributed by atoms with Crippen LogP contribution in [-0.4, -0.2) is 15.5 Å². The Balaban J connectivity index is 1.87. The Hall–Kier alpha value is -0.960. The van der Waals surface area contributed by atoms with Crippen molar-refractivity contribution in [2.75, 3.05) is 0 Å². The summed E-state index contributed by atoms with van der Waals surface area (Å²) in [5.41, 5.74) is 7.49. The van der Waals surface area contributed by atoms with Crippen LogP contribution in [0.4, 0.5) is 0 Å². The summed E-state index contributed by atoms with van der Waals surface area (Å²) in [6, 6.07) is 0. The third-order valence-corrected chi connectivity index (χ3v) is 3.35. The van der Waals surface area contributed by atoms with Gasteiger partial charge in [0.2, 0.25) is 0 Å². The average molecular weight is 205 g/mol. The maximum absolute atomic E-state index is 6.36. The Kier molecular flexibility index (Phi) is 3.31. The second kappa shape index (κ2) is 4.71. The van der Waals surface area contributed by atoms with Crippen LogP contribution in [0.3, 0.4) is 0 Å². The molecule has 0 amide bonds. The van der Waals surface area contributed by atoms with Gasteiger partial charge in [-0.2, -0.15) is 0 Å². The second-order valence-electron chi connectivity index (χ2n) is 4.62. The number of hydrogen-bond donors (Lipinski definition) is 1. The lowest BCUT2D eigenvalue weighted by molar-refractivity contribution is 0.277. The Morgan fingerprint density at radius 1 is 1.20 bits per heavy atom. The lowest BCUT2D eigenvalue weighted by atomic mass is 9.79. The first-order valence-electron chi connectivity index (χ1n) is 5.82. The highest BCUT2D eigenvalue weighted by atomic mass is 14.8. The van der Waals surface area contributed by atoms with Crippen molar-refractivity contribution in [3.05, 3.63) is 24.3 Å². The minimum atomic E-state index is 0.0652. The number of rotatable bonds is 3. The molecule has 1 aliphatic carbocycles. The molecule has 2 N–H and O–H groups in total. The molecule has 0 bridgehead atoms. The molecule has 1 aromatic heterocycles. The molecule has 1 aromatic rings. The third kappa shape index (κ3) is 2.99. The Bertz CT molecular complexity index is 291. The number of hydrogen-bond acceptors (Lipinski definition) is 3. The summed E-state index contributed by atoms with van der Waals surface area (Å²) in [5, 5.41) is 0. The molecule has 0 unspecified atom stereocenters. The minimum Gasteiger partial charge on any atom is -0.325 e. The van der Waals surface area contributed by atoms with Gasteiger partial charge in [0.25, 0.3) is 0 Å². The Morgan fingerprint density at radius 2 is 2.00 bits per heavy atom. The molecule has 15 heavy (non-hydrogen) atoms. The van der Waals surface area contributed by atoms with Crippen molar-refractivity contribution in [3.8, 4) is 0 Å². The van der Waals surface area contributed by atoms with Gasteiger partial charge < -0.3 is 5.73 Å². The van der Waals surface area contributed by atoms with E-state index >= 15 is 0 Å². The highest BCUT2D eigenvalue weighted by Crippen LogP contribution is 2.29. The van der Waals surface area contributed by atoms with Crippen molar-refractivity contribution < 1.29 is 0 Å². The molecule has 0 atom stereocenters. The first-order valence-corrected chi connectivity index (χ1v) is 5.82. The predicted octanol–water partition coefficient (Wildman–Crippen LogP) is 2.07. The number of nitrogens with two attached hydrogens (primary N) is 1. The predicted molar refractivity (Wildman–Crippen MR) is 60.4 cm³/mol. The fourth-order valence-electron chi connectivity index (χ4n) is 2.34. The lowest BCUT2D eigenvalue weighted by Gasteiger charge is -2.33. The summed E-state index contributed by atoms with van der Waals surface area (Å²) in [6.07, 6.45) is 13.6. The lowest BCUT2D eigenvalue weighted by Crippen LogP contribution is -2.42. The first kappa shape index (κ1) is 10.6. The summed E-state index contributed by atoms with van der Waals surface area (Å²) >= 11 is 0. The quantitative estimate of drug-likeness (QED) is 0.821. The Morgan fingerprint density at radius 3 is 2.67 bits per heavy atom. The maximum Gasteiger partial charge on any atom is 0.0587 e. The second-order valence-corrected chi connectivity index (χ2v) is 4.62. The summed E-state index contributed by atoms with van der Waals surface area (Å²) in [7, 11) is 0. The fraction of sp³-hybridized carbons (Fsp3) is 0.667. The van der Waals surface area contributed by atoms with Crippen LogP contribution in [0.25, 0.3) is 0 Å². The Labute approximate surface area is 91.1 Å². The molecule has 3 nitrogen and oxygen atoms in total. The van der Waals surface area contributed by atoms with Crippen LogP contribution in [0.5, 0.6) is 0 Å². The van der Waals surface area contributed by atoms with E-state index in [1.54, 1.807) is 12.4 Å². The fourth-order valence-corrected chi connectivity index (χ4v) is 2.34. The molecule has 2 rings (SSSR count). The van der Waals surface area contributed by atoms with Crippen LogP contribution < -0.4 is 5.73 Å². The molecule has 82 valence electrons. The van der Waals surface area contributed by atoms with Crippen LogP contribution in [-0.2, 0) is 6.42 Å². The van der Waals surface area contributed by atoms with E-state index in [0.29, 0.717) is 0 Å². The normalized spacial score (nSPS) is 20.1. The monoisotopic (exact) mass is 205 g/mol. The highest BCUT2D eigenvalue weighted by Gasteiger charge is 2.26. The van der Waals surface area contributed by atoms with E-state index < -0.39 is 0 Å². The van der Waals surface area contributed by atoms with Gasteiger partial charge in [-0.3, -0.25) is 9.97 Å². The van der Waals surface area contributed by atoms with Gasteiger partial charge in [0.1, 0.15) is 0 Å². The molecule has 1 fully saturated rings. The third-order valence-electron chi connectivity index (χ3n) is 3.35. The van der Waals surface area contributed by atoms with E-state index in [2.05, 4.69) is 9.97 Å². The van der Waals surface area contributed by atoms with Gasteiger partial charge in [0.15, 0.2) is 0 Å². The summed E-state index contributed by atoms with van der Waals surface area (Å²) in [4.78, 5) is 8.34. The maximum atomic E-state index is 6.36. The van der Waals surface area contributed by atoms with Gasteiger partial charge in [-0.15, -0.1) is 0 Å².